The van der Waals surface area contributed by atoms with E-state index in [2.05, 4.69) is 26.1 Å². The lowest BCUT2D eigenvalue weighted by atomic mass is 10.1. The number of aromatic nitrogens is 2. The lowest BCUT2D eigenvalue weighted by Gasteiger charge is -2.25. The first-order valence-electron chi connectivity index (χ1n) is 8.40. The van der Waals surface area contributed by atoms with Crippen molar-refractivity contribution in [2.45, 2.75) is 33.4 Å². The molecule has 1 heterocycles. The Bertz CT molecular complexity index is 921. The third-order valence-electron chi connectivity index (χ3n) is 4.01. The molecule has 0 bridgehead atoms. The maximum Gasteiger partial charge on any atom is 0.254 e. The summed E-state index contributed by atoms with van der Waals surface area (Å²) in [5, 5.41) is 4.05. The van der Waals surface area contributed by atoms with E-state index in [9.17, 15) is 4.79 Å². The molecule has 0 aliphatic carbocycles. The average Bonchev–Trinajstić information content (AvgIpc) is 3.07. The topological polar surface area (TPSA) is 59.2 Å². The largest absolute Gasteiger partial charge is 0.337 e. The minimum absolute atomic E-state index is 0.00389. The second-order valence-corrected chi connectivity index (χ2v) is 7.33. The molecule has 0 atom stereocenters. The van der Waals surface area contributed by atoms with Gasteiger partial charge in [-0.25, -0.2) is 0 Å². The lowest BCUT2D eigenvalue weighted by molar-refractivity contribution is 0.0667. The Morgan fingerprint density at radius 3 is 2.65 bits per heavy atom. The van der Waals surface area contributed by atoms with E-state index < -0.39 is 0 Å². The van der Waals surface area contributed by atoms with E-state index in [-0.39, 0.29) is 18.5 Å². The summed E-state index contributed by atoms with van der Waals surface area (Å²) in [4.78, 5) is 19.1. The second-order valence-electron chi connectivity index (χ2n) is 6.42. The molecule has 134 valence electrons. The van der Waals surface area contributed by atoms with Crippen molar-refractivity contribution < 1.29 is 9.32 Å². The fraction of sp³-hybridized carbons (Fsp3) is 0.250. The highest BCUT2D eigenvalue weighted by molar-refractivity contribution is 9.10. The van der Waals surface area contributed by atoms with Gasteiger partial charge in [0.25, 0.3) is 5.91 Å². The Labute approximate surface area is 161 Å². The van der Waals surface area contributed by atoms with Crippen LogP contribution < -0.4 is 0 Å². The van der Waals surface area contributed by atoms with Crippen LogP contribution in [0.1, 0.15) is 35.7 Å². The van der Waals surface area contributed by atoms with Crippen LogP contribution in [0.25, 0.3) is 11.4 Å². The van der Waals surface area contributed by atoms with Crippen LogP contribution >= 0.6 is 15.9 Å². The molecular formula is C20H20BrN3O2. The van der Waals surface area contributed by atoms with Gasteiger partial charge in [0.1, 0.15) is 6.54 Å². The van der Waals surface area contributed by atoms with Crippen molar-refractivity contribution in [3.8, 4) is 11.4 Å². The van der Waals surface area contributed by atoms with Gasteiger partial charge in [-0.1, -0.05) is 50.9 Å². The minimum Gasteiger partial charge on any atom is -0.337 e. The molecule has 0 fully saturated rings. The smallest absolute Gasteiger partial charge is 0.254 e. The van der Waals surface area contributed by atoms with Crippen LogP contribution in [-0.2, 0) is 6.54 Å². The van der Waals surface area contributed by atoms with Gasteiger partial charge < -0.3 is 9.42 Å². The Morgan fingerprint density at radius 2 is 1.96 bits per heavy atom. The maximum absolute atomic E-state index is 12.9. The first-order valence-corrected chi connectivity index (χ1v) is 9.19. The van der Waals surface area contributed by atoms with Crippen molar-refractivity contribution in [1.29, 1.82) is 0 Å². The monoisotopic (exact) mass is 413 g/mol. The van der Waals surface area contributed by atoms with Crippen molar-refractivity contribution in [1.82, 2.24) is 15.0 Å². The summed E-state index contributed by atoms with van der Waals surface area (Å²) < 4.78 is 6.25. The first kappa shape index (κ1) is 18.3. The molecule has 0 aliphatic heterocycles. The number of nitrogens with zero attached hydrogens (tertiary/aromatic N) is 3. The molecule has 0 N–H and O–H groups in total. The maximum atomic E-state index is 12.9. The highest BCUT2D eigenvalue weighted by Gasteiger charge is 2.22. The van der Waals surface area contributed by atoms with E-state index in [0.717, 1.165) is 15.6 Å². The molecule has 1 amide bonds. The van der Waals surface area contributed by atoms with Crippen molar-refractivity contribution in [2.75, 3.05) is 0 Å². The predicted octanol–water partition coefficient (Wildman–Crippen LogP) is 4.86. The number of benzene rings is 2. The predicted molar refractivity (Wildman–Crippen MR) is 104 cm³/mol. The zero-order valence-electron chi connectivity index (χ0n) is 14.9. The van der Waals surface area contributed by atoms with E-state index in [0.29, 0.717) is 17.3 Å². The molecule has 26 heavy (non-hydrogen) atoms. The number of hydrogen-bond acceptors (Lipinski definition) is 4. The van der Waals surface area contributed by atoms with Gasteiger partial charge in [-0.05, 0) is 45.0 Å². The average molecular weight is 414 g/mol. The minimum atomic E-state index is -0.0726. The molecule has 2 aromatic carbocycles. The number of hydrogen-bond donors (Lipinski definition) is 0. The van der Waals surface area contributed by atoms with Crippen molar-refractivity contribution >= 4 is 21.8 Å². The number of carbonyl (C=O) groups excluding carboxylic acids is 1. The van der Waals surface area contributed by atoms with Gasteiger partial charge in [-0.2, -0.15) is 4.98 Å². The third kappa shape index (κ3) is 4.19. The number of halogens is 1. The van der Waals surface area contributed by atoms with Crippen LogP contribution in [0.5, 0.6) is 0 Å². The van der Waals surface area contributed by atoms with E-state index in [1.54, 1.807) is 11.0 Å². The molecule has 3 rings (SSSR count). The molecule has 6 heteroatoms. The van der Waals surface area contributed by atoms with Crippen LogP contribution in [-0.4, -0.2) is 27.0 Å². The molecule has 0 spiro atoms. The number of aryl methyl sites for hydroxylation is 1. The molecule has 0 saturated heterocycles. The van der Waals surface area contributed by atoms with Crippen molar-refractivity contribution in [2.24, 2.45) is 0 Å². The molecule has 1 aromatic heterocycles. The fourth-order valence-electron chi connectivity index (χ4n) is 2.64. The number of rotatable bonds is 5. The zero-order chi connectivity index (χ0) is 18.7. The summed E-state index contributed by atoms with van der Waals surface area (Å²) in [6, 6.07) is 15.3. The molecule has 0 radical (unpaired) electrons. The lowest BCUT2D eigenvalue weighted by Crippen LogP contribution is -2.36. The Balaban J connectivity index is 1.82. The Hall–Kier alpha value is -2.47. The van der Waals surface area contributed by atoms with Crippen LogP contribution in [0.2, 0.25) is 0 Å². The molecule has 0 saturated carbocycles. The van der Waals surface area contributed by atoms with Gasteiger partial charge in [0.05, 0.1) is 0 Å². The van der Waals surface area contributed by atoms with Crippen LogP contribution in [0.3, 0.4) is 0 Å². The Kier molecular flexibility index (Phi) is 5.52. The molecule has 0 aliphatic rings. The molecule has 3 aromatic rings. The first-order chi connectivity index (χ1) is 12.4. The standard InChI is InChI=1S/C20H20BrN3O2/c1-13(2)24(20(25)16-8-5-9-17(21)11-16)12-18-22-19(23-26-18)15-7-4-6-14(3)10-15/h4-11,13H,12H2,1-3H3. The summed E-state index contributed by atoms with van der Waals surface area (Å²) in [6.45, 7) is 6.21. The quantitative estimate of drug-likeness (QED) is 0.599. The highest BCUT2D eigenvalue weighted by Crippen LogP contribution is 2.20. The van der Waals surface area contributed by atoms with E-state index in [1.807, 2.05) is 63.2 Å². The van der Waals surface area contributed by atoms with E-state index in [4.69, 9.17) is 4.52 Å². The molecule has 5 nitrogen and oxygen atoms in total. The zero-order valence-corrected chi connectivity index (χ0v) is 16.5. The highest BCUT2D eigenvalue weighted by atomic mass is 79.9. The summed E-state index contributed by atoms with van der Waals surface area (Å²) >= 11 is 3.41. The van der Waals surface area contributed by atoms with Gasteiger partial charge in [-0.15, -0.1) is 0 Å². The van der Waals surface area contributed by atoms with Gasteiger partial charge in [0.15, 0.2) is 0 Å². The second kappa shape index (κ2) is 7.83. The van der Waals surface area contributed by atoms with E-state index in [1.165, 1.54) is 0 Å². The SMILES string of the molecule is Cc1cccc(-c2noc(CN(C(=O)c3cccc(Br)c3)C(C)C)n2)c1. The van der Waals surface area contributed by atoms with Gasteiger partial charge >= 0.3 is 0 Å². The van der Waals surface area contributed by atoms with Crippen molar-refractivity contribution in [3.05, 3.63) is 70.0 Å². The third-order valence-corrected chi connectivity index (χ3v) is 4.50. The normalized spacial score (nSPS) is 11.0. The van der Waals surface area contributed by atoms with Crippen LogP contribution in [0, 0.1) is 6.92 Å². The summed E-state index contributed by atoms with van der Waals surface area (Å²) in [6.07, 6.45) is 0. The van der Waals surface area contributed by atoms with Crippen molar-refractivity contribution in [3.63, 3.8) is 0 Å². The molecular weight excluding hydrogens is 394 g/mol. The summed E-state index contributed by atoms with van der Waals surface area (Å²) in [7, 11) is 0. The Morgan fingerprint density at radius 1 is 1.19 bits per heavy atom. The summed E-state index contributed by atoms with van der Waals surface area (Å²) in [5.41, 5.74) is 2.64. The number of carbonyl (C=O) groups is 1. The van der Waals surface area contributed by atoms with Crippen LogP contribution in [0.4, 0.5) is 0 Å². The molecule has 0 unspecified atom stereocenters. The van der Waals surface area contributed by atoms with Gasteiger partial charge in [0, 0.05) is 21.6 Å². The summed E-state index contributed by atoms with van der Waals surface area (Å²) in [5.74, 6) is 0.873. The van der Waals surface area contributed by atoms with Crippen LogP contribution in [0.15, 0.2) is 57.5 Å². The number of amides is 1. The van der Waals surface area contributed by atoms with E-state index >= 15 is 0 Å². The fourth-order valence-corrected chi connectivity index (χ4v) is 3.04. The van der Waals surface area contributed by atoms with Gasteiger partial charge in [0.2, 0.25) is 11.7 Å². The van der Waals surface area contributed by atoms with Gasteiger partial charge in [-0.3, -0.25) is 4.79 Å².